The van der Waals surface area contributed by atoms with Crippen LogP contribution in [-0.2, 0) is 27.7 Å². The first kappa shape index (κ1) is 15.7. The van der Waals surface area contributed by atoms with E-state index in [4.69, 9.17) is 0 Å². The number of unbranched alkanes of at least 4 members (excludes halogenated alkanes) is 1. The summed E-state index contributed by atoms with van der Waals surface area (Å²) in [4.78, 5) is 0. The quantitative estimate of drug-likeness (QED) is 0.528. The van der Waals surface area contributed by atoms with Gasteiger partial charge in [0.1, 0.15) is 0 Å². The average molecular weight is 339 g/mol. The van der Waals surface area contributed by atoms with Gasteiger partial charge in [0.15, 0.2) is 0 Å². The molecular formula is C4H10BrHg. The van der Waals surface area contributed by atoms with E-state index < -0.39 is 0 Å². The summed E-state index contributed by atoms with van der Waals surface area (Å²) >= 11 is 0. The van der Waals surface area contributed by atoms with Gasteiger partial charge in [-0.05, 0) is 0 Å². The van der Waals surface area contributed by atoms with Gasteiger partial charge in [-0.3, -0.25) is 0 Å². The van der Waals surface area contributed by atoms with Crippen LogP contribution in [0.4, 0.5) is 0 Å². The Hall–Kier alpha value is 1.42. The first-order valence-corrected chi connectivity index (χ1v) is 1.91. The maximum absolute atomic E-state index is 2.18. The first-order valence-electron chi connectivity index (χ1n) is 1.91. The van der Waals surface area contributed by atoms with Crippen molar-refractivity contribution < 1.29 is 44.7 Å². The first-order chi connectivity index (χ1) is 1.91. The van der Waals surface area contributed by atoms with Crippen molar-refractivity contribution in [2.24, 2.45) is 0 Å². The average Bonchev–Trinajstić information content (AvgIpc) is 1.37. The zero-order valence-electron chi connectivity index (χ0n) is 4.50. The Labute approximate surface area is 71.0 Å². The Balaban J connectivity index is -0.0000000450. The molecule has 0 heterocycles. The van der Waals surface area contributed by atoms with Crippen molar-refractivity contribution >= 4 is 0 Å². The van der Waals surface area contributed by atoms with Crippen molar-refractivity contribution in [2.45, 2.75) is 26.7 Å². The molecule has 0 saturated carbocycles. The van der Waals surface area contributed by atoms with Crippen molar-refractivity contribution in [3.63, 3.8) is 0 Å². The van der Waals surface area contributed by atoms with E-state index in [1.54, 1.807) is 0 Å². The maximum Gasteiger partial charge on any atom is 1.00 e. The van der Waals surface area contributed by atoms with Crippen molar-refractivity contribution in [1.29, 1.82) is 0 Å². The van der Waals surface area contributed by atoms with Crippen LogP contribution in [0.1, 0.15) is 26.7 Å². The van der Waals surface area contributed by atoms with Gasteiger partial charge in [-0.1, -0.05) is 26.7 Å². The van der Waals surface area contributed by atoms with E-state index >= 15 is 0 Å². The number of hydrogen-bond acceptors (Lipinski definition) is 0. The zero-order valence-corrected chi connectivity index (χ0v) is 11.6. The van der Waals surface area contributed by atoms with E-state index in [2.05, 4.69) is 13.8 Å². The molecule has 35 valence electrons. The minimum absolute atomic E-state index is 0. The van der Waals surface area contributed by atoms with Crippen molar-refractivity contribution in [2.75, 3.05) is 0 Å². The van der Waals surface area contributed by atoms with E-state index in [0.717, 1.165) is 0 Å². The van der Waals surface area contributed by atoms with Crippen LogP contribution in [0.25, 0.3) is 0 Å². The van der Waals surface area contributed by atoms with Gasteiger partial charge in [0.05, 0.1) is 0 Å². The summed E-state index contributed by atoms with van der Waals surface area (Å²) < 4.78 is 0. The fraction of sp³-hybridized carbons (Fsp3) is 1.00. The molecule has 0 aromatic heterocycles. The van der Waals surface area contributed by atoms with Crippen molar-refractivity contribution in [3.8, 4) is 0 Å². The van der Waals surface area contributed by atoms with Gasteiger partial charge in [-0.2, -0.15) is 0 Å². The normalized spacial score (nSPS) is 5.00. The van der Waals surface area contributed by atoms with Gasteiger partial charge >= 0.3 is 27.7 Å². The van der Waals surface area contributed by atoms with E-state index in [1.165, 1.54) is 12.8 Å². The summed E-state index contributed by atoms with van der Waals surface area (Å²) in [6.07, 6.45) is 2.64. The molecule has 0 aliphatic heterocycles. The molecule has 0 saturated heterocycles. The number of halogens is 1. The Kier molecular flexibility index (Phi) is 42.1. The second-order valence-corrected chi connectivity index (χ2v) is 1.000. The molecule has 0 unspecified atom stereocenters. The minimum Gasteiger partial charge on any atom is -1.00 e. The Morgan fingerprint density at radius 1 is 1.00 bits per heavy atom. The Bertz CT molecular complexity index is 9.51. The summed E-state index contributed by atoms with van der Waals surface area (Å²) in [5, 5.41) is 0. The third-order valence-electron chi connectivity index (χ3n) is 0.500. The molecule has 0 atom stereocenters. The predicted octanol–water partition coefficient (Wildman–Crippen LogP) is -1.19. The molecule has 0 aromatic rings. The number of rotatable bonds is 1. The summed E-state index contributed by atoms with van der Waals surface area (Å²) in [6, 6.07) is 0. The molecule has 0 aliphatic carbocycles. The summed E-state index contributed by atoms with van der Waals surface area (Å²) in [5.74, 6) is 0. The van der Waals surface area contributed by atoms with Gasteiger partial charge in [-0.15, -0.1) is 0 Å². The molecule has 0 bridgehead atoms. The molecular weight excluding hydrogens is 329 g/mol. The fourth-order valence-corrected chi connectivity index (χ4v) is 0. The third kappa shape index (κ3) is 18.1. The van der Waals surface area contributed by atoms with Gasteiger partial charge in [0.2, 0.25) is 0 Å². The van der Waals surface area contributed by atoms with Crippen molar-refractivity contribution in [1.82, 2.24) is 0 Å². The summed E-state index contributed by atoms with van der Waals surface area (Å²) in [7, 11) is 0. The molecule has 1 radical (unpaired) electrons. The second-order valence-electron chi connectivity index (χ2n) is 1.000. The van der Waals surface area contributed by atoms with E-state index in [1.807, 2.05) is 0 Å². The van der Waals surface area contributed by atoms with E-state index in [9.17, 15) is 0 Å². The topological polar surface area (TPSA) is 0 Å². The monoisotopic (exact) mass is 339 g/mol. The molecule has 0 N–H and O–H groups in total. The SMILES string of the molecule is CCCC.[Br-].[Hg+]. The third-order valence-corrected chi connectivity index (χ3v) is 0.500. The van der Waals surface area contributed by atoms with Crippen LogP contribution in [-0.4, -0.2) is 0 Å². The smallest absolute Gasteiger partial charge is 1.00 e. The van der Waals surface area contributed by atoms with Crippen LogP contribution in [0, 0.1) is 0 Å². The minimum atomic E-state index is 0. The van der Waals surface area contributed by atoms with Crippen LogP contribution in [0.5, 0.6) is 0 Å². The Morgan fingerprint density at radius 2 is 1.17 bits per heavy atom. The molecule has 0 spiro atoms. The van der Waals surface area contributed by atoms with Gasteiger partial charge in [0.25, 0.3) is 0 Å². The second kappa shape index (κ2) is 16.1. The van der Waals surface area contributed by atoms with Gasteiger partial charge in [-0.25, -0.2) is 0 Å². The van der Waals surface area contributed by atoms with Crippen LogP contribution >= 0.6 is 0 Å². The van der Waals surface area contributed by atoms with Gasteiger partial charge in [0, 0.05) is 0 Å². The zero-order chi connectivity index (χ0) is 3.41. The number of hydrogen-bond donors (Lipinski definition) is 0. The van der Waals surface area contributed by atoms with E-state index in [0.29, 0.717) is 0 Å². The maximum atomic E-state index is 2.18. The molecule has 0 rings (SSSR count). The fourth-order valence-electron chi connectivity index (χ4n) is 0. The van der Waals surface area contributed by atoms with Crippen LogP contribution < -0.4 is 17.0 Å². The summed E-state index contributed by atoms with van der Waals surface area (Å²) in [5.41, 5.74) is 0. The van der Waals surface area contributed by atoms with Crippen LogP contribution in [0.3, 0.4) is 0 Å². The molecule has 6 heavy (non-hydrogen) atoms. The largest absolute Gasteiger partial charge is 1.00 e. The molecule has 0 amide bonds. The molecule has 0 nitrogen and oxygen atoms in total. The summed E-state index contributed by atoms with van der Waals surface area (Å²) in [6.45, 7) is 4.36. The van der Waals surface area contributed by atoms with E-state index in [-0.39, 0.29) is 44.7 Å². The predicted molar refractivity (Wildman–Crippen MR) is 20.6 cm³/mol. The van der Waals surface area contributed by atoms with Crippen molar-refractivity contribution in [3.05, 3.63) is 0 Å². The molecule has 0 fully saturated rings. The van der Waals surface area contributed by atoms with Crippen LogP contribution in [0.15, 0.2) is 0 Å². The Morgan fingerprint density at radius 3 is 1.17 bits per heavy atom. The standard InChI is InChI=1S/C4H10.BrH.Hg/c1-3-4-2;;/h3-4H2,1-2H3;1H;/q;;+1/p-1. The molecule has 0 aromatic carbocycles. The molecule has 2 heteroatoms. The van der Waals surface area contributed by atoms with Gasteiger partial charge < -0.3 is 17.0 Å². The van der Waals surface area contributed by atoms with Crippen LogP contribution in [0.2, 0.25) is 0 Å². The molecule has 0 aliphatic rings.